The first kappa shape index (κ1) is 26.8. The Kier molecular flexibility index (Phi) is 8.35. The average molecular weight is 554 g/mol. The van der Waals surface area contributed by atoms with Gasteiger partial charge in [-0.05, 0) is 60.7 Å². The van der Waals surface area contributed by atoms with Crippen molar-refractivity contribution in [2.45, 2.75) is 0 Å². The van der Waals surface area contributed by atoms with Gasteiger partial charge in [0, 0.05) is 28.9 Å². The number of halogens is 1. The highest BCUT2D eigenvalue weighted by molar-refractivity contribution is 7.80. The quantitative estimate of drug-likeness (QED) is 0.260. The number of fused-ring (bicyclic) bond motifs is 1. The van der Waals surface area contributed by atoms with Gasteiger partial charge in [0.1, 0.15) is 11.5 Å². The number of pyridine rings is 1. The van der Waals surface area contributed by atoms with Gasteiger partial charge in [0.25, 0.3) is 5.91 Å². The zero-order valence-corrected chi connectivity index (χ0v) is 22.5. The number of aromatic nitrogens is 1. The number of thiocarbonyl (C=S) groups is 1. The van der Waals surface area contributed by atoms with Crippen LogP contribution in [0, 0.1) is 0 Å². The highest BCUT2D eigenvalue weighted by atomic mass is 35.5. The van der Waals surface area contributed by atoms with E-state index in [0.717, 1.165) is 5.39 Å². The molecule has 0 bridgehead atoms. The second-order valence-corrected chi connectivity index (χ2v) is 8.57. The summed E-state index contributed by atoms with van der Waals surface area (Å²) in [5, 5.41) is 6.72. The maximum Gasteiger partial charge on any atom is 0.257 e. The van der Waals surface area contributed by atoms with Gasteiger partial charge >= 0.3 is 0 Å². The van der Waals surface area contributed by atoms with E-state index in [1.54, 1.807) is 75.0 Å². The van der Waals surface area contributed by atoms with Gasteiger partial charge in [-0.15, -0.1) is 0 Å². The van der Waals surface area contributed by atoms with Gasteiger partial charge in [-0.2, -0.15) is 0 Å². The lowest BCUT2D eigenvalue weighted by molar-refractivity contribution is 0.0977. The van der Waals surface area contributed by atoms with Crippen molar-refractivity contribution in [3.63, 3.8) is 0 Å². The summed E-state index contributed by atoms with van der Waals surface area (Å²) in [6.07, 6.45) is 1.63. The van der Waals surface area contributed by atoms with Crippen LogP contribution in [0.2, 0.25) is 5.02 Å². The fourth-order valence-electron chi connectivity index (χ4n) is 3.63. The molecule has 3 aromatic carbocycles. The summed E-state index contributed by atoms with van der Waals surface area (Å²) in [7, 11) is 6.14. The van der Waals surface area contributed by atoms with E-state index in [1.165, 1.54) is 14.2 Å². The van der Waals surface area contributed by atoms with Crippen molar-refractivity contribution in [2.75, 3.05) is 33.8 Å². The van der Waals surface area contributed by atoms with Crippen molar-refractivity contribution in [1.29, 1.82) is 0 Å². The summed E-state index contributed by atoms with van der Waals surface area (Å²) >= 11 is 11.8. The van der Waals surface area contributed by atoms with E-state index in [4.69, 9.17) is 47.5 Å². The number of benzene rings is 3. The Hall–Kier alpha value is -4.28. The smallest absolute Gasteiger partial charge is 0.257 e. The zero-order valence-electron chi connectivity index (χ0n) is 21.0. The lowest BCUT2D eigenvalue weighted by Crippen LogP contribution is -2.34. The van der Waals surface area contributed by atoms with Gasteiger partial charge in [0.05, 0.1) is 39.0 Å². The van der Waals surface area contributed by atoms with E-state index in [2.05, 4.69) is 15.6 Å². The number of methoxy groups -OCH3 is 4. The van der Waals surface area contributed by atoms with Crippen molar-refractivity contribution in [1.82, 2.24) is 10.3 Å². The number of hydrogen-bond acceptors (Lipinski definition) is 8. The molecule has 0 saturated carbocycles. The third-order valence-corrected chi connectivity index (χ3v) is 5.99. The van der Waals surface area contributed by atoms with Crippen molar-refractivity contribution in [2.24, 2.45) is 0 Å². The molecule has 196 valence electrons. The van der Waals surface area contributed by atoms with Crippen molar-refractivity contribution in [3.05, 3.63) is 71.4 Å². The molecule has 0 aliphatic rings. The minimum Gasteiger partial charge on any atom is -0.493 e. The van der Waals surface area contributed by atoms with Gasteiger partial charge < -0.3 is 29.0 Å². The fourth-order valence-corrected chi connectivity index (χ4v) is 4.06. The Balaban J connectivity index is 1.47. The van der Waals surface area contributed by atoms with Crippen LogP contribution < -0.4 is 34.3 Å². The molecule has 0 radical (unpaired) electrons. The number of carbonyl (C=O) groups excluding carboxylic acids is 1. The van der Waals surface area contributed by atoms with Crippen LogP contribution in [0.3, 0.4) is 0 Å². The maximum atomic E-state index is 12.6. The molecule has 38 heavy (non-hydrogen) atoms. The second-order valence-electron chi connectivity index (χ2n) is 7.76. The van der Waals surface area contributed by atoms with Crippen LogP contribution in [0.1, 0.15) is 10.4 Å². The first-order valence-electron chi connectivity index (χ1n) is 11.2. The molecule has 0 aliphatic heterocycles. The number of ether oxygens (including phenoxy) is 5. The van der Waals surface area contributed by atoms with E-state index in [-0.39, 0.29) is 5.11 Å². The molecule has 4 aromatic rings. The minimum absolute atomic E-state index is 0.0932. The first-order valence-corrected chi connectivity index (χ1v) is 12.0. The van der Waals surface area contributed by atoms with E-state index >= 15 is 0 Å². The molecule has 0 unspecified atom stereocenters. The lowest BCUT2D eigenvalue weighted by Gasteiger charge is -2.14. The third-order valence-electron chi connectivity index (χ3n) is 5.49. The molecule has 11 heteroatoms. The SMILES string of the molecule is COc1ccc(C(=O)NC(=S)Nc2ccc(Oc3ccnc4cc(OC)c(OC)cc34)c(Cl)c2)cc1OC. The molecule has 1 heterocycles. The number of rotatable bonds is 8. The van der Waals surface area contributed by atoms with Crippen LogP contribution in [-0.4, -0.2) is 44.4 Å². The van der Waals surface area contributed by atoms with Gasteiger partial charge in [-0.3, -0.25) is 15.1 Å². The zero-order chi connectivity index (χ0) is 27.2. The molecule has 0 spiro atoms. The van der Waals surface area contributed by atoms with Crippen LogP contribution in [0.4, 0.5) is 5.69 Å². The van der Waals surface area contributed by atoms with Crippen LogP contribution in [0.5, 0.6) is 34.5 Å². The van der Waals surface area contributed by atoms with Crippen molar-refractivity contribution >= 4 is 51.4 Å². The first-order chi connectivity index (χ1) is 18.4. The largest absolute Gasteiger partial charge is 0.493 e. The highest BCUT2D eigenvalue weighted by Crippen LogP contribution is 2.38. The molecular formula is C27H24ClN3O6S. The van der Waals surface area contributed by atoms with Crippen LogP contribution in [0.25, 0.3) is 10.9 Å². The maximum absolute atomic E-state index is 12.6. The molecule has 9 nitrogen and oxygen atoms in total. The summed E-state index contributed by atoms with van der Waals surface area (Å²) in [4.78, 5) is 17.0. The van der Waals surface area contributed by atoms with Gasteiger partial charge in [-0.1, -0.05) is 11.6 Å². The number of hydrogen-bond donors (Lipinski definition) is 2. The molecule has 0 atom stereocenters. The number of carbonyl (C=O) groups is 1. The predicted molar refractivity (Wildman–Crippen MR) is 150 cm³/mol. The molecule has 0 fully saturated rings. The van der Waals surface area contributed by atoms with E-state index in [1.807, 2.05) is 0 Å². The van der Waals surface area contributed by atoms with Crippen LogP contribution in [0.15, 0.2) is 60.8 Å². The van der Waals surface area contributed by atoms with Crippen LogP contribution in [-0.2, 0) is 0 Å². The number of amides is 1. The lowest BCUT2D eigenvalue weighted by atomic mass is 10.2. The average Bonchev–Trinajstić information content (AvgIpc) is 2.93. The molecule has 4 rings (SSSR count). The van der Waals surface area contributed by atoms with E-state index in [9.17, 15) is 4.79 Å². The standard InChI is InChI=1S/C27H24ClN3O6S/c1-33-22-7-5-15(11-23(22)34-2)26(32)31-27(38)30-16-6-8-21(18(28)12-16)37-20-9-10-29-19-14-25(36-4)24(35-3)13-17(19)20/h5-14H,1-4H3,(H2,30,31,32,38). The Morgan fingerprint density at radius 1 is 0.789 bits per heavy atom. The molecule has 1 amide bonds. The molecule has 0 saturated heterocycles. The van der Waals surface area contributed by atoms with E-state index in [0.29, 0.717) is 56.3 Å². The Morgan fingerprint density at radius 2 is 1.45 bits per heavy atom. The fraction of sp³-hybridized carbons (Fsp3) is 0.148. The topological polar surface area (TPSA) is 100 Å². The third kappa shape index (κ3) is 5.82. The Bertz CT molecular complexity index is 1510. The summed E-state index contributed by atoms with van der Waals surface area (Å²) in [6.45, 7) is 0. The summed E-state index contributed by atoms with van der Waals surface area (Å²) in [5.41, 5.74) is 1.59. The van der Waals surface area contributed by atoms with Gasteiger partial charge in [0.15, 0.2) is 28.1 Å². The Morgan fingerprint density at radius 3 is 2.13 bits per heavy atom. The molecular weight excluding hydrogens is 530 g/mol. The van der Waals surface area contributed by atoms with Gasteiger partial charge in [0.2, 0.25) is 0 Å². The molecule has 2 N–H and O–H groups in total. The predicted octanol–water partition coefficient (Wildman–Crippen LogP) is 5.84. The van der Waals surface area contributed by atoms with E-state index < -0.39 is 5.91 Å². The minimum atomic E-state index is -0.411. The number of nitrogens with one attached hydrogen (secondary N) is 2. The summed E-state index contributed by atoms with van der Waals surface area (Å²) in [5.74, 6) is 2.60. The summed E-state index contributed by atoms with van der Waals surface area (Å²) < 4.78 is 27.3. The number of nitrogens with zero attached hydrogens (tertiary/aromatic N) is 1. The van der Waals surface area contributed by atoms with Gasteiger partial charge in [-0.25, -0.2) is 0 Å². The van der Waals surface area contributed by atoms with Crippen molar-refractivity contribution < 1.29 is 28.5 Å². The number of anilines is 1. The normalized spacial score (nSPS) is 10.4. The molecule has 0 aliphatic carbocycles. The summed E-state index contributed by atoms with van der Waals surface area (Å²) in [6, 6.07) is 15.2. The molecule has 1 aromatic heterocycles. The monoisotopic (exact) mass is 553 g/mol. The van der Waals surface area contributed by atoms with Crippen LogP contribution >= 0.6 is 23.8 Å². The Labute approximate surface area is 229 Å². The second kappa shape index (κ2) is 11.8. The van der Waals surface area contributed by atoms with Crippen molar-refractivity contribution in [3.8, 4) is 34.5 Å². The highest BCUT2D eigenvalue weighted by Gasteiger charge is 2.15.